The Morgan fingerprint density at radius 1 is 0.692 bits per heavy atom. The topological polar surface area (TPSA) is 188 Å². The van der Waals surface area contributed by atoms with Gasteiger partial charge >= 0.3 is 12.0 Å². The molecule has 2 aliphatic heterocycles. The molecule has 0 aromatic heterocycles. The number of thioether (sulfide) groups is 1. The highest BCUT2D eigenvalue weighted by Crippen LogP contribution is 2.33. The number of unbranched alkanes of at least 4 members (excludes halogenated alkanes) is 1. The maximum absolute atomic E-state index is 13.2. The highest BCUT2D eigenvalue weighted by atomic mass is 32.2. The quantitative estimate of drug-likeness (QED) is 0.0484. The first kappa shape index (κ1) is 46.4. The Labute approximate surface area is 314 Å². The average Bonchev–Trinajstić information content (AvgIpc) is 3.65. The molecule has 2 heterocycles. The minimum absolute atomic E-state index is 0.0750. The van der Waals surface area contributed by atoms with Crippen molar-refractivity contribution in [3.63, 3.8) is 0 Å². The van der Waals surface area contributed by atoms with E-state index < -0.39 is 5.60 Å². The monoisotopic (exact) mass is 766 g/mol. The number of esters is 1. The Morgan fingerprint density at radius 3 is 1.67 bits per heavy atom. The molecule has 52 heavy (non-hydrogen) atoms. The first-order chi connectivity index (χ1) is 25.2. The zero-order chi connectivity index (χ0) is 37.7. The van der Waals surface area contributed by atoms with Crippen LogP contribution in [-0.4, -0.2) is 177 Å². The van der Waals surface area contributed by atoms with Crippen LogP contribution in [0.3, 0.4) is 0 Å². The molecule has 304 valence electrons. The molecule has 0 bridgehead atoms. The van der Waals surface area contributed by atoms with Gasteiger partial charge in [-0.25, -0.2) is 4.79 Å². The maximum Gasteiger partial charge on any atom is 0.315 e. The van der Waals surface area contributed by atoms with E-state index >= 15 is 0 Å². The van der Waals surface area contributed by atoms with Crippen LogP contribution in [0, 0.1) is 0 Å². The molecule has 2 rings (SSSR count). The zero-order valence-electron chi connectivity index (χ0n) is 31.7. The molecular weight excluding hydrogens is 700 g/mol. The van der Waals surface area contributed by atoms with Gasteiger partial charge in [0.05, 0.1) is 124 Å². The van der Waals surface area contributed by atoms with Gasteiger partial charge in [0.15, 0.2) is 0 Å². The van der Waals surface area contributed by atoms with Crippen molar-refractivity contribution in [2.75, 3.05) is 131 Å². The summed E-state index contributed by atoms with van der Waals surface area (Å²) < 4.78 is 49.4. The van der Waals surface area contributed by atoms with Crippen molar-refractivity contribution in [1.82, 2.24) is 15.5 Å². The van der Waals surface area contributed by atoms with E-state index in [1.54, 1.807) is 4.90 Å². The van der Waals surface area contributed by atoms with Crippen LogP contribution in [-0.2, 0) is 52.2 Å². The van der Waals surface area contributed by atoms with Gasteiger partial charge in [0.2, 0.25) is 5.91 Å². The fourth-order valence-electron chi connectivity index (χ4n) is 5.29. The smallest absolute Gasteiger partial charge is 0.315 e. The van der Waals surface area contributed by atoms with Gasteiger partial charge in [-0.2, -0.15) is 11.8 Å². The normalized spacial score (nSPS) is 18.3. The third-order valence-electron chi connectivity index (χ3n) is 7.80. The fraction of sp³-hybridized carbons (Fsp3) is 0.914. The summed E-state index contributed by atoms with van der Waals surface area (Å²) in [6, 6.07) is 0.304. The predicted molar refractivity (Wildman–Crippen MR) is 197 cm³/mol. The minimum Gasteiger partial charge on any atom is -0.460 e. The molecule has 17 heteroatoms. The molecule has 0 aromatic carbocycles. The van der Waals surface area contributed by atoms with Gasteiger partial charge in [0.25, 0.3) is 0 Å². The summed E-state index contributed by atoms with van der Waals surface area (Å²) in [7, 11) is 0. The third-order valence-corrected chi connectivity index (χ3v) is 9.30. The summed E-state index contributed by atoms with van der Waals surface area (Å²) in [6.45, 7) is 13.8. The average molecular weight is 767 g/mol. The molecule has 0 aromatic rings. The van der Waals surface area contributed by atoms with E-state index in [-0.39, 0.29) is 36.4 Å². The van der Waals surface area contributed by atoms with Crippen LogP contribution in [0.4, 0.5) is 4.79 Å². The second-order valence-corrected chi connectivity index (χ2v) is 14.5. The Balaban J connectivity index is 1.53. The molecule has 2 aliphatic rings. The van der Waals surface area contributed by atoms with Gasteiger partial charge in [-0.15, -0.1) is 0 Å². The number of ether oxygens (including phenoxy) is 9. The van der Waals surface area contributed by atoms with Crippen molar-refractivity contribution < 1.29 is 57.0 Å². The maximum atomic E-state index is 13.2. The second-order valence-electron chi connectivity index (χ2n) is 13.3. The number of hydrogen-bond acceptors (Lipinski definition) is 14. The van der Waals surface area contributed by atoms with Crippen LogP contribution in [0.25, 0.3) is 0 Å². The summed E-state index contributed by atoms with van der Waals surface area (Å²) >= 11 is 1.89. The van der Waals surface area contributed by atoms with Crippen LogP contribution in [0.1, 0.15) is 52.9 Å². The number of nitrogens with one attached hydrogen (secondary N) is 2. The van der Waals surface area contributed by atoms with E-state index in [2.05, 4.69) is 10.6 Å². The Bertz CT molecular complexity index is 948. The van der Waals surface area contributed by atoms with Crippen molar-refractivity contribution >= 4 is 29.7 Å². The molecule has 0 aliphatic carbocycles. The highest BCUT2D eigenvalue weighted by Gasteiger charge is 2.42. The van der Waals surface area contributed by atoms with Crippen molar-refractivity contribution in [3.05, 3.63) is 0 Å². The summed E-state index contributed by atoms with van der Waals surface area (Å²) in [5, 5.41) is 6.38. The Morgan fingerprint density at radius 2 is 1.17 bits per heavy atom. The number of nitrogens with zero attached hydrogens (tertiary/aromatic N) is 1. The van der Waals surface area contributed by atoms with Gasteiger partial charge < -0.3 is 63.9 Å². The predicted octanol–water partition coefficient (Wildman–Crippen LogP) is 1.36. The van der Waals surface area contributed by atoms with E-state index in [9.17, 15) is 14.4 Å². The SMILES string of the molecule is CC(C)(C)OC(=O)CCOCCOCCOCCOCCN(CCOCCOCCOCCOCCN)C(=O)CCCC[C@H]1SC[C@H]2NC(=O)N[C@H]21. The lowest BCUT2D eigenvalue weighted by atomic mass is 10.0. The van der Waals surface area contributed by atoms with E-state index in [0.717, 1.165) is 25.0 Å². The number of fused-ring (bicyclic) bond motifs is 1. The molecule has 2 saturated heterocycles. The van der Waals surface area contributed by atoms with Gasteiger partial charge in [0, 0.05) is 37.1 Å². The molecule has 0 saturated carbocycles. The highest BCUT2D eigenvalue weighted by molar-refractivity contribution is 8.00. The van der Waals surface area contributed by atoms with E-state index in [4.69, 9.17) is 48.4 Å². The molecule has 3 atom stereocenters. The van der Waals surface area contributed by atoms with E-state index in [1.165, 1.54) is 0 Å². The van der Waals surface area contributed by atoms with E-state index in [1.807, 2.05) is 32.5 Å². The molecule has 3 amide bonds. The number of carbonyl (C=O) groups excluding carboxylic acids is 3. The lowest BCUT2D eigenvalue weighted by molar-refractivity contribution is -0.156. The van der Waals surface area contributed by atoms with Gasteiger partial charge in [-0.1, -0.05) is 6.42 Å². The molecule has 0 unspecified atom stereocenters. The Kier molecular flexibility index (Phi) is 26.3. The second kappa shape index (κ2) is 29.5. The molecule has 16 nitrogen and oxygen atoms in total. The van der Waals surface area contributed by atoms with Crippen LogP contribution in [0.15, 0.2) is 0 Å². The standard InChI is InChI=1S/C35H66N4O12S/c1-35(2,3)51-32(41)8-12-43-16-20-47-24-26-49-22-18-45-14-10-39(11-15-46-19-23-50-27-25-48-21-17-44-13-9-36)31(40)7-5-4-6-30-33-29(28-52-30)37-34(42)38-33/h29-30,33H,4-28,36H2,1-3H3,(H2,37,38,42)/t29-,30-,33-/m1/s1. The molecule has 4 N–H and O–H groups in total. The lowest BCUT2D eigenvalue weighted by Gasteiger charge is -2.23. The zero-order valence-corrected chi connectivity index (χ0v) is 32.6. The number of carbonyl (C=O) groups is 3. The van der Waals surface area contributed by atoms with Crippen molar-refractivity contribution in [2.45, 2.75) is 75.8 Å². The van der Waals surface area contributed by atoms with Gasteiger partial charge in [-0.05, 0) is 33.6 Å². The van der Waals surface area contributed by atoms with Gasteiger partial charge in [-0.3, -0.25) is 9.59 Å². The largest absolute Gasteiger partial charge is 0.460 e. The number of urea groups is 1. The van der Waals surface area contributed by atoms with Crippen molar-refractivity contribution in [1.29, 1.82) is 0 Å². The summed E-state index contributed by atoms with van der Waals surface area (Å²) in [4.78, 5) is 38.3. The van der Waals surface area contributed by atoms with Crippen LogP contribution in [0.5, 0.6) is 0 Å². The Hall–Kier alpha value is -1.80. The number of rotatable bonds is 34. The van der Waals surface area contributed by atoms with E-state index in [0.29, 0.717) is 137 Å². The molecule has 0 spiro atoms. The van der Waals surface area contributed by atoms with Crippen LogP contribution >= 0.6 is 11.8 Å². The van der Waals surface area contributed by atoms with Gasteiger partial charge in [0.1, 0.15) is 5.60 Å². The first-order valence-corrected chi connectivity index (χ1v) is 19.7. The van der Waals surface area contributed by atoms with Crippen molar-refractivity contribution in [2.24, 2.45) is 5.73 Å². The summed E-state index contributed by atoms with van der Waals surface area (Å²) in [5.41, 5.74) is 4.88. The van der Waals surface area contributed by atoms with Crippen molar-refractivity contribution in [3.8, 4) is 0 Å². The van der Waals surface area contributed by atoms with Crippen LogP contribution < -0.4 is 16.4 Å². The third kappa shape index (κ3) is 23.8. The lowest BCUT2D eigenvalue weighted by Crippen LogP contribution is -2.37. The fourth-order valence-corrected chi connectivity index (χ4v) is 6.83. The first-order valence-electron chi connectivity index (χ1n) is 18.7. The summed E-state index contributed by atoms with van der Waals surface area (Å²) in [5.74, 6) is 0.724. The molecule has 0 radical (unpaired) electrons. The number of nitrogens with two attached hydrogens (primary N) is 1. The minimum atomic E-state index is -0.495. The van der Waals surface area contributed by atoms with Crippen LogP contribution in [0.2, 0.25) is 0 Å². The summed E-state index contributed by atoms with van der Waals surface area (Å²) in [6.07, 6.45) is 3.34. The number of hydrogen-bond donors (Lipinski definition) is 3. The number of amides is 3. The molecular formula is C35H66N4O12S. The molecule has 2 fully saturated rings.